The van der Waals surface area contributed by atoms with Gasteiger partial charge in [0.1, 0.15) is 16.9 Å². The number of aromatic amines is 1. The van der Waals surface area contributed by atoms with Gasteiger partial charge in [-0.25, -0.2) is 4.98 Å². The summed E-state index contributed by atoms with van der Waals surface area (Å²) in [7, 11) is 2.02. The minimum absolute atomic E-state index is 0.00657. The van der Waals surface area contributed by atoms with Crippen molar-refractivity contribution in [2.45, 2.75) is 18.9 Å². The number of carbonyl (C=O) groups excluding carboxylic acids is 1. The predicted molar refractivity (Wildman–Crippen MR) is 97.6 cm³/mol. The van der Waals surface area contributed by atoms with Crippen LogP contribution < -0.4 is 0 Å². The van der Waals surface area contributed by atoms with Gasteiger partial charge in [-0.15, -0.1) is 0 Å². The van der Waals surface area contributed by atoms with Gasteiger partial charge in [0.05, 0.1) is 17.1 Å². The molecule has 2 aromatic carbocycles. The Kier molecular flexibility index (Phi) is 3.28. The minimum Gasteiger partial charge on any atom is -0.329 e. The number of rotatable bonds is 2. The highest BCUT2D eigenvalue weighted by atomic mass is 16.2. The number of aromatic nitrogens is 5. The lowest BCUT2D eigenvalue weighted by Gasteiger charge is -2.24. The lowest BCUT2D eigenvalue weighted by molar-refractivity contribution is 0.0728. The van der Waals surface area contributed by atoms with E-state index in [9.17, 15) is 4.79 Å². The maximum Gasteiger partial charge on any atom is 0.254 e. The van der Waals surface area contributed by atoms with E-state index >= 15 is 0 Å². The number of nitrogens with zero attached hydrogens (tertiary/aromatic N) is 5. The highest BCUT2D eigenvalue weighted by molar-refractivity contribution is 5.97. The number of amides is 1. The highest BCUT2D eigenvalue weighted by Gasteiger charge is 2.33. The van der Waals surface area contributed by atoms with Crippen LogP contribution in [0.25, 0.3) is 22.1 Å². The van der Waals surface area contributed by atoms with Gasteiger partial charge in [0.25, 0.3) is 5.91 Å². The molecule has 1 saturated heterocycles. The summed E-state index contributed by atoms with van der Waals surface area (Å²) in [6.45, 7) is 0.740. The fraction of sp³-hybridized carbons (Fsp3) is 0.263. The molecular weight excluding hydrogens is 328 g/mol. The maximum atomic E-state index is 13.2. The van der Waals surface area contributed by atoms with E-state index in [0.29, 0.717) is 11.1 Å². The SMILES string of the molecule is Cn1c([C@H]2CCCN2C(=O)c2ccc3n[nH]nc3c2)nc2ccccc21. The Balaban J connectivity index is 1.53. The van der Waals surface area contributed by atoms with E-state index in [1.54, 1.807) is 6.07 Å². The summed E-state index contributed by atoms with van der Waals surface area (Å²) in [4.78, 5) is 19.9. The van der Waals surface area contributed by atoms with Crippen molar-refractivity contribution in [3.8, 4) is 0 Å². The fourth-order valence-corrected chi connectivity index (χ4v) is 3.88. The lowest BCUT2D eigenvalue weighted by atomic mass is 10.1. The molecule has 0 spiro atoms. The molecular formula is C19H18N6O. The van der Waals surface area contributed by atoms with E-state index < -0.39 is 0 Å². The normalized spacial score (nSPS) is 17.4. The van der Waals surface area contributed by atoms with Crippen LogP contribution in [0.4, 0.5) is 0 Å². The summed E-state index contributed by atoms with van der Waals surface area (Å²) >= 11 is 0. The van der Waals surface area contributed by atoms with Crippen LogP contribution in [0.5, 0.6) is 0 Å². The third-order valence-electron chi connectivity index (χ3n) is 5.20. The standard InChI is InChI=1S/C19H18N6O/c1-24-16-6-3-2-5-14(16)20-18(24)17-7-4-10-25(17)19(26)12-8-9-13-15(11-12)22-23-21-13/h2-3,5-6,8-9,11,17H,4,7,10H2,1H3,(H,21,22,23)/t17-/m1/s1. The zero-order chi connectivity index (χ0) is 17.7. The summed E-state index contributed by atoms with van der Waals surface area (Å²) in [5.41, 5.74) is 4.15. The van der Waals surface area contributed by atoms with E-state index in [2.05, 4.69) is 26.0 Å². The van der Waals surface area contributed by atoms with Crippen LogP contribution in [-0.4, -0.2) is 42.3 Å². The van der Waals surface area contributed by atoms with Crippen molar-refractivity contribution in [2.24, 2.45) is 7.05 Å². The Morgan fingerprint density at radius 1 is 1.12 bits per heavy atom. The van der Waals surface area contributed by atoms with Gasteiger partial charge >= 0.3 is 0 Å². The number of likely N-dealkylation sites (tertiary alicyclic amines) is 1. The van der Waals surface area contributed by atoms with E-state index in [-0.39, 0.29) is 11.9 Å². The van der Waals surface area contributed by atoms with Gasteiger partial charge in [-0.1, -0.05) is 12.1 Å². The first-order valence-electron chi connectivity index (χ1n) is 8.75. The molecule has 7 nitrogen and oxygen atoms in total. The molecule has 130 valence electrons. The molecule has 3 heterocycles. The first-order valence-corrected chi connectivity index (χ1v) is 8.75. The van der Waals surface area contributed by atoms with Gasteiger partial charge in [0.15, 0.2) is 0 Å². The summed E-state index contributed by atoms with van der Waals surface area (Å²) in [6.07, 6.45) is 1.90. The van der Waals surface area contributed by atoms with E-state index in [1.165, 1.54) is 0 Å². The summed E-state index contributed by atoms with van der Waals surface area (Å²) in [5.74, 6) is 0.962. The number of para-hydroxylation sites is 2. The Labute approximate surface area is 149 Å². The number of H-pyrrole nitrogens is 1. The molecule has 4 aromatic rings. The van der Waals surface area contributed by atoms with Crippen LogP contribution in [0.1, 0.15) is 35.1 Å². The molecule has 1 N–H and O–H groups in total. The molecule has 1 amide bonds. The number of fused-ring (bicyclic) bond motifs is 2. The average molecular weight is 346 g/mol. The van der Waals surface area contributed by atoms with Gasteiger partial charge < -0.3 is 9.47 Å². The second-order valence-electron chi connectivity index (χ2n) is 6.70. The number of hydrogen-bond acceptors (Lipinski definition) is 4. The van der Waals surface area contributed by atoms with Crippen molar-refractivity contribution >= 4 is 28.0 Å². The van der Waals surface area contributed by atoms with Crippen LogP contribution in [0.15, 0.2) is 42.5 Å². The predicted octanol–water partition coefficient (Wildman–Crippen LogP) is 2.82. The second kappa shape index (κ2) is 5.66. The quantitative estimate of drug-likeness (QED) is 0.605. The monoisotopic (exact) mass is 346 g/mol. The molecule has 0 aliphatic carbocycles. The van der Waals surface area contributed by atoms with Gasteiger partial charge in [0.2, 0.25) is 0 Å². The largest absolute Gasteiger partial charge is 0.329 e. The van der Waals surface area contributed by atoms with Crippen LogP contribution >= 0.6 is 0 Å². The topological polar surface area (TPSA) is 79.7 Å². The summed E-state index contributed by atoms with van der Waals surface area (Å²) < 4.78 is 2.10. The van der Waals surface area contributed by atoms with Crippen LogP contribution in [0, 0.1) is 0 Å². The molecule has 1 aliphatic rings. The van der Waals surface area contributed by atoms with Crippen LogP contribution in [-0.2, 0) is 7.05 Å². The maximum absolute atomic E-state index is 13.2. The summed E-state index contributed by atoms with van der Waals surface area (Å²) in [5, 5.41) is 10.7. The molecule has 0 radical (unpaired) electrons. The Morgan fingerprint density at radius 2 is 1.96 bits per heavy atom. The Bertz CT molecular complexity index is 1130. The smallest absolute Gasteiger partial charge is 0.254 e. The van der Waals surface area contributed by atoms with Crippen molar-refractivity contribution < 1.29 is 4.79 Å². The Morgan fingerprint density at radius 3 is 2.85 bits per heavy atom. The van der Waals surface area contributed by atoms with E-state index in [4.69, 9.17) is 4.98 Å². The number of nitrogens with one attached hydrogen (secondary N) is 1. The summed E-state index contributed by atoms with van der Waals surface area (Å²) in [6, 6.07) is 13.5. The first-order chi connectivity index (χ1) is 12.7. The molecule has 0 bridgehead atoms. The number of hydrogen-bond donors (Lipinski definition) is 1. The minimum atomic E-state index is -0.00657. The first kappa shape index (κ1) is 15.1. The molecule has 26 heavy (non-hydrogen) atoms. The van der Waals surface area contributed by atoms with Gasteiger partial charge in [-0.05, 0) is 43.2 Å². The van der Waals surface area contributed by atoms with Crippen LogP contribution in [0.2, 0.25) is 0 Å². The molecule has 0 unspecified atom stereocenters. The van der Waals surface area contributed by atoms with Crippen molar-refractivity contribution in [1.82, 2.24) is 29.9 Å². The molecule has 0 saturated carbocycles. The van der Waals surface area contributed by atoms with E-state index in [0.717, 1.165) is 41.8 Å². The van der Waals surface area contributed by atoms with Crippen molar-refractivity contribution in [1.29, 1.82) is 0 Å². The molecule has 7 heteroatoms. The third-order valence-corrected chi connectivity index (χ3v) is 5.20. The van der Waals surface area contributed by atoms with E-state index in [1.807, 2.05) is 42.3 Å². The van der Waals surface area contributed by atoms with Crippen LogP contribution in [0.3, 0.4) is 0 Å². The van der Waals surface area contributed by atoms with Gasteiger partial charge in [0, 0.05) is 19.2 Å². The van der Waals surface area contributed by atoms with Crippen molar-refractivity contribution in [2.75, 3.05) is 6.54 Å². The number of carbonyl (C=O) groups is 1. The Hall–Kier alpha value is -3.22. The van der Waals surface area contributed by atoms with Crippen molar-refractivity contribution in [3.63, 3.8) is 0 Å². The fourth-order valence-electron chi connectivity index (χ4n) is 3.88. The molecule has 5 rings (SSSR count). The molecule has 1 atom stereocenters. The number of benzene rings is 2. The zero-order valence-electron chi connectivity index (χ0n) is 14.4. The van der Waals surface area contributed by atoms with Crippen molar-refractivity contribution in [3.05, 3.63) is 53.9 Å². The van der Waals surface area contributed by atoms with Gasteiger partial charge in [-0.3, -0.25) is 4.79 Å². The molecule has 2 aromatic heterocycles. The number of aryl methyl sites for hydroxylation is 1. The van der Waals surface area contributed by atoms with Gasteiger partial charge in [-0.2, -0.15) is 15.4 Å². The lowest BCUT2D eigenvalue weighted by Crippen LogP contribution is -2.31. The zero-order valence-corrected chi connectivity index (χ0v) is 14.4. The highest BCUT2D eigenvalue weighted by Crippen LogP contribution is 2.34. The average Bonchev–Trinajstić information content (AvgIpc) is 3.39. The second-order valence-corrected chi connectivity index (χ2v) is 6.70. The molecule has 1 aliphatic heterocycles. The number of imidazole rings is 1. The third kappa shape index (κ3) is 2.20. The molecule has 1 fully saturated rings.